The van der Waals surface area contributed by atoms with Gasteiger partial charge in [0.05, 0.1) is 18.1 Å². The zero-order valence-corrected chi connectivity index (χ0v) is 20.0. The zero-order chi connectivity index (χ0) is 22.7. The first-order chi connectivity index (χ1) is 15.1. The fourth-order valence-corrected chi connectivity index (χ4v) is 9.12. The highest BCUT2D eigenvalue weighted by molar-refractivity contribution is 5.89. The van der Waals surface area contributed by atoms with Crippen LogP contribution in [0, 0.1) is 40.4 Å². The van der Waals surface area contributed by atoms with Gasteiger partial charge in [0, 0.05) is 31.6 Å². The molecular weight excluding hydrogens is 404 g/mol. The summed E-state index contributed by atoms with van der Waals surface area (Å²) < 4.78 is 12.9. The molecule has 176 valence electrons. The molecule has 1 spiro atoms. The van der Waals surface area contributed by atoms with Crippen LogP contribution >= 0.6 is 0 Å². The van der Waals surface area contributed by atoms with Crippen molar-refractivity contribution >= 4 is 11.6 Å². The summed E-state index contributed by atoms with van der Waals surface area (Å²) >= 11 is 0. The number of fused-ring (bicyclic) bond motifs is 7. The number of carbonyl (C=O) groups is 2. The third-order valence-corrected chi connectivity index (χ3v) is 11.3. The average molecular weight is 443 g/mol. The molecule has 5 heteroatoms. The van der Waals surface area contributed by atoms with Crippen molar-refractivity contribution in [2.45, 2.75) is 96.6 Å². The van der Waals surface area contributed by atoms with Gasteiger partial charge < -0.3 is 14.6 Å². The highest BCUT2D eigenvalue weighted by atomic mass is 16.7. The molecule has 0 aromatic rings. The zero-order valence-electron chi connectivity index (χ0n) is 20.0. The molecule has 0 bridgehead atoms. The Labute approximate surface area is 191 Å². The van der Waals surface area contributed by atoms with Crippen LogP contribution in [0.2, 0.25) is 0 Å². The molecule has 32 heavy (non-hydrogen) atoms. The van der Waals surface area contributed by atoms with Crippen LogP contribution in [0.1, 0.15) is 79.1 Å². The van der Waals surface area contributed by atoms with Crippen LogP contribution in [-0.4, -0.2) is 40.8 Å². The summed E-state index contributed by atoms with van der Waals surface area (Å²) in [6.07, 6.45) is 7.94. The van der Waals surface area contributed by atoms with Crippen molar-refractivity contribution in [1.82, 2.24) is 0 Å². The van der Waals surface area contributed by atoms with Gasteiger partial charge >= 0.3 is 0 Å². The van der Waals surface area contributed by atoms with E-state index in [1.54, 1.807) is 0 Å². The molecular formula is C27H38O5. The van der Waals surface area contributed by atoms with Crippen LogP contribution in [0.25, 0.3) is 0 Å². The molecule has 0 radical (unpaired) electrons. The number of Topliss-reactive ketones (excluding diaryl/α,β-unsaturated/α-hetero) is 2. The first-order valence-corrected chi connectivity index (χ1v) is 12.8. The third kappa shape index (κ3) is 2.36. The van der Waals surface area contributed by atoms with E-state index in [-0.39, 0.29) is 35.1 Å². The van der Waals surface area contributed by atoms with E-state index >= 15 is 0 Å². The third-order valence-electron chi connectivity index (χ3n) is 11.3. The summed E-state index contributed by atoms with van der Waals surface area (Å²) in [4.78, 5) is 26.1. The van der Waals surface area contributed by atoms with Gasteiger partial charge in [-0.1, -0.05) is 32.4 Å². The number of hydrogen-bond donors (Lipinski definition) is 1. The predicted molar refractivity (Wildman–Crippen MR) is 119 cm³/mol. The molecule has 1 N–H and O–H groups in total. The van der Waals surface area contributed by atoms with Gasteiger partial charge in [-0.3, -0.25) is 9.59 Å². The lowest BCUT2D eigenvalue weighted by Gasteiger charge is -2.58. The maximum atomic E-state index is 14.0. The maximum absolute atomic E-state index is 14.0. The molecule has 3 saturated carbocycles. The smallest absolute Gasteiger partial charge is 0.174 e. The van der Waals surface area contributed by atoms with Gasteiger partial charge in [-0.15, -0.1) is 0 Å². The second-order valence-electron chi connectivity index (χ2n) is 12.5. The van der Waals surface area contributed by atoms with Crippen LogP contribution in [0.4, 0.5) is 0 Å². The van der Waals surface area contributed by atoms with Crippen molar-refractivity contribution in [3.63, 3.8) is 0 Å². The van der Waals surface area contributed by atoms with E-state index in [4.69, 9.17) is 9.47 Å². The molecule has 6 rings (SSSR count). The Morgan fingerprint density at radius 2 is 1.91 bits per heavy atom. The number of hydrogen-bond acceptors (Lipinski definition) is 5. The highest BCUT2D eigenvalue weighted by Gasteiger charge is 2.78. The van der Waals surface area contributed by atoms with Crippen molar-refractivity contribution in [1.29, 1.82) is 0 Å². The lowest BCUT2D eigenvalue weighted by atomic mass is 9.46. The Morgan fingerprint density at radius 3 is 2.62 bits per heavy atom. The molecule has 5 nitrogen and oxygen atoms in total. The summed E-state index contributed by atoms with van der Waals surface area (Å²) in [5.74, 6) is 0.764. The van der Waals surface area contributed by atoms with E-state index in [9.17, 15) is 14.7 Å². The molecule has 6 aliphatic rings. The highest BCUT2D eigenvalue weighted by Crippen LogP contribution is 2.70. The lowest BCUT2D eigenvalue weighted by molar-refractivity contribution is -0.273. The average Bonchev–Trinajstić information content (AvgIpc) is 3.11. The van der Waals surface area contributed by atoms with Crippen molar-refractivity contribution in [2.24, 2.45) is 40.4 Å². The molecule has 2 heterocycles. The van der Waals surface area contributed by atoms with Crippen LogP contribution in [0.3, 0.4) is 0 Å². The fraction of sp³-hybridized carbons (Fsp3) is 0.852. The van der Waals surface area contributed by atoms with E-state index < -0.39 is 16.8 Å². The lowest BCUT2D eigenvalue weighted by Crippen LogP contribution is -2.63. The Balaban J connectivity index is 1.37. The van der Waals surface area contributed by atoms with Gasteiger partial charge in [-0.05, 0) is 61.7 Å². The van der Waals surface area contributed by atoms with E-state index in [1.807, 2.05) is 6.92 Å². The SMILES string of the molecule is C[C@H]1CC[C@@]2(OC1)O[C@H]1C[C@H]3[C@H]4CC=C5CC(=O)CC[C@]5(C)[C@@H]4CC(=O)[C@]3(C)[C@]1(O)[C@H]2C. The Morgan fingerprint density at radius 1 is 1.12 bits per heavy atom. The molecule has 0 amide bonds. The van der Waals surface area contributed by atoms with E-state index in [1.165, 1.54) is 5.57 Å². The first kappa shape index (κ1) is 21.5. The maximum Gasteiger partial charge on any atom is 0.174 e. The fourth-order valence-electron chi connectivity index (χ4n) is 9.12. The minimum Gasteiger partial charge on any atom is -0.386 e. The van der Waals surface area contributed by atoms with Gasteiger partial charge in [0.1, 0.15) is 17.2 Å². The van der Waals surface area contributed by atoms with E-state index in [0.29, 0.717) is 43.5 Å². The summed E-state index contributed by atoms with van der Waals surface area (Å²) in [6.45, 7) is 9.21. The Bertz CT molecular complexity index is 900. The van der Waals surface area contributed by atoms with Gasteiger partial charge in [0.2, 0.25) is 0 Å². The number of allylic oxidation sites excluding steroid dienone is 2. The number of rotatable bonds is 0. The molecule has 2 saturated heterocycles. The number of carbonyl (C=O) groups excluding carboxylic acids is 2. The number of aliphatic hydroxyl groups is 1. The van der Waals surface area contributed by atoms with E-state index in [2.05, 4.69) is 26.8 Å². The Kier molecular flexibility index (Phi) is 4.40. The number of ether oxygens (including phenoxy) is 2. The second kappa shape index (κ2) is 6.55. The minimum absolute atomic E-state index is 0.0650. The summed E-state index contributed by atoms with van der Waals surface area (Å²) in [6, 6.07) is 0. The van der Waals surface area contributed by atoms with E-state index in [0.717, 1.165) is 32.1 Å². The predicted octanol–water partition coefficient (Wildman–Crippen LogP) is 4.22. The number of ketones is 2. The molecule has 2 aliphatic heterocycles. The largest absolute Gasteiger partial charge is 0.386 e. The van der Waals surface area contributed by atoms with Crippen LogP contribution in [0.15, 0.2) is 11.6 Å². The van der Waals surface area contributed by atoms with Crippen LogP contribution in [-0.2, 0) is 19.1 Å². The van der Waals surface area contributed by atoms with Crippen molar-refractivity contribution < 1.29 is 24.2 Å². The van der Waals surface area contributed by atoms with Crippen molar-refractivity contribution in [2.75, 3.05) is 6.61 Å². The van der Waals surface area contributed by atoms with Crippen LogP contribution in [0.5, 0.6) is 0 Å². The van der Waals surface area contributed by atoms with Gasteiger partial charge in [-0.2, -0.15) is 0 Å². The van der Waals surface area contributed by atoms with Crippen LogP contribution < -0.4 is 0 Å². The van der Waals surface area contributed by atoms with Crippen molar-refractivity contribution in [3.8, 4) is 0 Å². The molecule has 0 aromatic heterocycles. The molecule has 4 aliphatic carbocycles. The Hall–Kier alpha value is -1.04. The normalized spacial score (nSPS) is 57.0. The quantitative estimate of drug-likeness (QED) is 0.569. The van der Waals surface area contributed by atoms with Crippen molar-refractivity contribution in [3.05, 3.63) is 11.6 Å². The minimum atomic E-state index is -1.19. The topological polar surface area (TPSA) is 72.8 Å². The summed E-state index contributed by atoms with van der Waals surface area (Å²) in [5, 5.41) is 12.3. The first-order valence-electron chi connectivity index (χ1n) is 12.8. The van der Waals surface area contributed by atoms with Gasteiger partial charge in [-0.25, -0.2) is 0 Å². The van der Waals surface area contributed by atoms with Gasteiger partial charge in [0.25, 0.3) is 0 Å². The van der Waals surface area contributed by atoms with Gasteiger partial charge in [0.15, 0.2) is 5.79 Å². The second-order valence-corrected chi connectivity index (χ2v) is 12.5. The molecule has 0 unspecified atom stereocenters. The summed E-state index contributed by atoms with van der Waals surface area (Å²) in [7, 11) is 0. The molecule has 0 aromatic carbocycles. The molecule has 10 atom stereocenters. The standard InChI is InChI=1S/C27H38O5/c1-15-7-10-26(31-14-15)16(2)27(30)23(32-26)13-21-19-6-5-17-11-18(28)8-9-24(17,3)20(19)12-22(29)25(21,27)4/h5,15-16,19-21,23,30H,6-14H2,1-4H3/t15-,16-,19-,20+,21-,23-,24-,25+,26+,27-/m0/s1. The molecule has 5 fully saturated rings. The monoisotopic (exact) mass is 442 g/mol. The summed E-state index contributed by atoms with van der Waals surface area (Å²) in [5.41, 5.74) is -0.796.